The van der Waals surface area contributed by atoms with Crippen molar-refractivity contribution in [3.8, 4) is 0 Å². The van der Waals surface area contributed by atoms with E-state index in [9.17, 15) is 9.59 Å². The van der Waals surface area contributed by atoms with Gasteiger partial charge in [-0.2, -0.15) is 0 Å². The fraction of sp³-hybridized carbons (Fsp3) is 0.556. The van der Waals surface area contributed by atoms with E-state index in [4.69, 9.17) is 10.5 Å². The first-order valence-electron chi connectivity index (χ1n) is 8.41. The van der Waals surface area contributed by atoms with Crippen molar-refractivity contribution in [2.75, 3.05) is 13.1 Å². The summed E-state index contributed by atoms with van der Waals surface area (Å²) >= 11 is 0. The maximum Gasteiger partial charge on any atom is 0.254 e. The van der Waals surface area contributed by atoms with Gasteiger partial charge < -0.3 is 20.7 Å². The normalized spacial score (nSPS) is 22.1. The molecule has 3 atom stereocenters. The zero-order chi connectivity index (χ0) is 17.7. The molecule has 132 valence electrons. The third-order valence-corrected chi connectivity index (χ3v) is 3.90. The van der Waals surface area contributed by atoms with E-state index in [0.717, 1.165) is 5.56 Å². The molecular weight excluding hydrogens is 306 g/mol. The Bertz CT molecular complexity index is 561. The number of rotatable bonds is 5. The summed E-state index contributed by atoms with van der Waals surface area (Å²) in [5, 5.41) is 2.82. The number of benzene rings is 1. The monoisotopic (exact) mass is 333 g/mol. The largest absolute Gasteiger partial charge is 0.372 e. The highest BCUT2D eigenvalue weighted by molar-refractivity contribution is 5.94. The molecule has 0 bridgehead atoms. The fourth-order valence-electron chi connectivity index (χ4n) is 2.86. The molecule has 1 aliphatic rings. The predicted octanol–water partition coefficient (Wildman–Crippen LogP) is 1.29. The van der Waals surface area contributed by atoms with Gasteiger partial charge in [-0.05, 0) is 38.5 Å². The van der Waals surface area contributed by atoms with Crippen LogP contribution in [-0.2, 0) is 16.1 Å². The number of nitrogens with two attached hydrogens (primary N) is 1. The number of morpholine rings is 1. The van der Waals surface area contributed by atoms with Gasteiger partial charge in [-0.25, -0.2) is 0 Å². The van der Waals surface area contributed by atoms with E-state index in [-0.39, 0.29) is 30.1 Å². The summed E-state index contributed by atoms with van der Waals surface area (Å²) < 4.78 is 5.66. The minimum absolute atomic E-state index is 0.0181. The van der Waals surface area contributed by atoms with Crippen molar-refractivity contribution in [2.45, 2.75) is 52.0 Å². The summed E-state index contributed by atoms with van der Waals surface area (Å²) in [5.41, 5.74) is 7.20. The van der Waals surface area contributed by atoms with Crippen molar-refractivity contribution >= 4 is 11.8 Å². The molecule has 24 heavy (non-hydrogen) atoms. The summed E-state index contributed by atoms with van der Waals surface area (Å²) in [6.45, 7) is 7.41. The highest BCUT2D eigenvalue weighted by Gasteiger charge is 2.26. The topological polar surface area (TPSA) is 84.7 Å². The summed E-state index contributed by atoms with van der Waals surface area (Å²) in [5.74, 6) is -0.0500. The number of nitrogens with zero attached hydrogens (tertiary/aromatic N) is 1. The van der Waals surface area contributed by atoms with Gasteiger partial charge in [0.1, 0.15) is 0 Å². The van der Waals surface area contributed by atoms with Crippen molar-refractivity contribution in [2.24, 2.45) is 5.73 Å². The van der Waals surface area contributed by atoms with Gasteiger partial charge in [-0.15, -0.1) is 0 Å². The molecule has 6 nitrogen and oxygen atoms in total. The van der Waals surface area contributed by atoms with Gasteiger partial charge in [0.2, 0.25) is 5.91 Å². The van der Waals surface area contributed by atoms with Gasteiger partial charge in [0.15, 0.2) is 0 Å². The van der Waals surface area contributed by atoms with Crippen LogP contribution in [-0.4, -0.2) is 48.1 Å². The molecule has 0 aliphatic carbocycles. The maximum atomic E-state index is 12.6. The first-order chi connectivity index (χ1) is 11.3. The summed E-state index contributed by atoms with van der Waals surface area (Å²) in [6.07, 6.45) is 0.415. The average Bonchev–Trinajstić information content (AvgIpc) is 2.51. The van der Waals surface area contributed by atoms with E-state index in [1.807, 2.05) is 30.9 Å². The molecule has 0 saturated carbocycles. The van der Waals surface area contributed by atoms with E-state index >= 15 is 0 Å². The van der Waals surface area contributed by atoms with Crippen molar-refractivity contribution in [3.05, 3.63) is 35.4 Å². The Morgan fingerprint density at radius 2 is 1.83 bits per heavy atom. The van der Waals surface area contributed by atoms with Gasteiger partial charge in [0.25, 0.3) is 5.91 Å². The number of nitrogens with one attached hydrogen (secondary N) is 1. The van der Waals surface area contributed by atoms with Gasteiger partial charge in [0, 0.05) is 37.7 Å². The molecule has 0 aromatic heterocycles. The minimum Gasteiger partial charge on any atom is -0.372 e. The summed E-state index contributed by atoms with van der Waals surface area (Å²) in [7, 11) is 0. The van der Waals surface area contributed by atoms with Crippen molar-refractivity contribution in [3.63, 3.8) is 0 Å². The van der Waals surface area contributed by atoms with Crippen LogP contribution < -0.4 is 11.1 Å². The van der Waals surface area contributed by atoms with Crippen LogP contribution >= 0.6 is 0 Å². The molecule has 1 heterocycles. The number of hydrogen-bond donors (Lipinski definition) is 2. The van der Waals surface area contributed by atoms with Crippen molar-refractivity contribution in [1.82, 2.24) is 10.2 Å². The second kappa shape index (κ2) is 8.26. The molecule has 1 aliphatic heterocycles. The predicted molar refractivity (Wildman–Crippen MR) is 92.5 cm³/mol. The Morgan fingerprint density at radius 1 is 1.25 bits per heavy atom. The molecule has 1 aromatic rings. The lowest BCUT2D eigenvalue weighted by Crippen LogP contribution is -2.48. The Morgan fingerprint density at radius 3 is 2.38 bits per heavy atom. The molecule has 0 spiro atoms. The lowest BCUT2D eigenvalue weighted by molar-refractivity contribution is -0.121. The molecule has 0 radical (unpaired) electrons. The zero-order valence-corrected chi connectivity index (χ0v) is 14.6. The minimum atomic E-state index is -0.150. The SMILES string of the molecule is CC(N)CC(=O)NCc1ccc(C(=O)N2CC(C)OC(C)C2)cc1. The maximum absolute atomic E-state index is 12.6. The molecule has 6 heteroatoms. The third kappa shape index (κ3) is 5.32. The Kier molecular flexibility index (Phi) is 6.34. The molecule has 3 N–H and O–H groups in total. The highest BCUT2D eigenvalue weighted by atomic mass is 16.5. The van der Waals surface area contributed by atoms with Crippen LogP contribution in [0, 0.1) is 0 Å². The van der Waals surface area contributed by atoms with Crippen molar-refractivity contribution in [1.29, 1.82) is 0 Å². The number of carbonyl (C=O) groups is 2. The van der Waals surface area contributed by atoms with Crippen LogP contribution in [0.4, 0.5) is 0 Å². The van der Waals surface area contributed by atoms with Crippen LogP contribution in [0.5, 0.6) is 0 Å². The van der Waals surface area contributed by atoms with E-state index in [1.54, 1.807) is 19.1 Å². The molecule has 2 rings (SSSR count). The lowest BCUT2D eigenvalue weighted by Gasteiger charge is -2.35. The van der Waals surface area contributed by atoms with Crippen molar-refractivity contribution < 1.29 is 14.3 Å². The Labute approximate surface area is 143 Å². The highest BCUT2D eigenvalue weighted by Crippen LogP contribution is 2.15. The molecule has 1 saturated heterocycles. The molecule has 1 fully saturated rings. The number of hydrogen-bond acceptors (Lipinski definition) is 4. The van der Waals surface area contributed by atoms with Crippen LogP contribution in [0.15, 0.2) is 24.3 Å². The zero-order valence-electron chi connectivity index (χ0n) is 14.6. The second-order valence-corrected chi connectivity index (χ2v) is 6.62. The molecular formula is C18H27N3O3. The number of carbonyl (C=O) groups excluding carboxylic acids is 2. The lowest BCUT2D eigenvalue weighted by atomic mass is 10.1. The smallest absolute Gasteiger partial charge is 0.254 e. The first kappa shape index (κ1) is 18.4. The quantitative estimate of drug-likeness (QED) is 0.850. The Hall–Kier alpha value is -1.92. The summed E-state index contributed by atoms with van der Waals surface area (Å²) in [4.78, 5) is 26.0. The van der Waals surface area contributed by atoms with Gasteiger partial charge >= 0.3 is 0 Å². The first-order valence-corrected chi connectivity index (χ1v) is 8.41. The molecule has 3 unspecified atom stereocenters. The van der Waals surface area contributed by atoms with Gasteiger partial charge in [0.05, 0.1) is 12.2 Å². The summed E-state index contributed by atoms with van der Waals surface area (Å²) in [6, 6.07) is 7.20. The van der Waals surface area contributed by atoms with Crippen LogP contribution in [0.3, 0.4) is 0 Å². The molecule has 2 amide bonds. The fourth-order valence-corrected chi connectivity index (χ4v) is 2.86. The van der Waals surface area contributed by atoms with E-state index < -0.39 is 0 Å². The van der Waals surface area contributed by atoms with E-state index in [2.05, 4.69) is 5.32 Å². The van der Waals surface area contributed by atoms with Gasteiger partial charge in [-0.3, -0.25) is 9.59 Å². The van der Waals surface area contributed by atoms with Crippen LogP contribution in [0.1, 0.15) is 43.1 Å². The molecule has 1 aromatic carbocycles. The van der Waals surface area contributed by atoms with Crippen LogP contribution in [0.25, 0.3) is 0 Å². The van der Waals surface area contributed by atoms with Gasteiger partial charge in [-0.1, -0.05) is 12.1 Å². The van der Waals surface area contributed by atoms with Crippen LogP contribution in [0.2, 0.25) is 0 Å². The second-order valence-electron chi connectivity index (χ2n) is 6.62. The van der Waals surface area contributed by atoms with E-state index in [1.165, 1.54) is 0 Å². The number of ether oxygens (including phenoxy) is 1. The Balaban J connectivity index is 1.91. The third-order valence-electron chi connectivity index (χ3n) is 3.90. The number of amides is 2. The van der Waals surface area contributed by atoms with E-state index in [0.29, 0.717) is 31.6 Å². The standard InChI is InChI=1S/C18H27N3O3/c1-12(19)8-17(22)20-9-15-4-6-16(7-5-15)18(23)21-10-13(2)24-14(3)11-21/h4-7,12-14H,8-11,19H2,1-3H3,(H,20,22). The average molecular weight is 333 g/mol.